The Labute approximate surface area is 116 Å². The minimum absolute atomic E-state index is 0.0293. The van der Waals surface area contributed by atoms with Crippen molar-refractivity contribution in [3.63, 3.8) is 0 Å². The van der Waals surface area contributed by atoms with Crippen molar-refractivity contribution in [1.29, 1.82) is 0 Å². The molecule has 2 amide bonds. The van der Waals surface area contributed by atoms with Crippen LogP contribution in [0.2, 0.25) is 0 Å². The number of nitrogens with one attached hydrogen (secondary N) is 1. The van der Waals surface area contributed by atoms with Gasteiger partial charge >= 0.3 is 0 Å². The van der Waals surface area contributed by atoms with E-state index in [2.05, 4.69) is 15.5 Å². The van der Waals surface area contributed by atoms with E-state index in [4.69, 9.17) is 4.52 Å². The normalized spacial score (nSPS) is 25.2. The predicted octanol–water partition coefficient (Wildman–Crippen LogP) is 0.272. The molecule has 0 aromatic carbocycles. The van der Waals surface area contributed by atoms with Crippen LogP contribution in [0.25, 0.3) is 0 Å². The zero-order valence-electron chi connectivity index (χ0n) is 11.5. The minimum Gasteiger partial charge on any atom is -0.340 e. The summed E-state index contributed by atoms with van der Waals surface area (Å²) in [5.41, 5.74) is -0.668. The number of hydrogen-bond acceptors (Lipinski definition) is 5. The highest BCUT2D eigenvalue weighted by Gasteiger charge is 2.50. The Bertz CT molecular complexity index is 508. The van der Waals surface area contributed by atoms with E-state index in [1.165, 1.54) is 6.33 Å². The summed E-state index contributed by atoms with van der Waals surface area (Å²) in [5, 5.41) is 6.47. The standard InChI is InChI=1S/C13H18N4O3/c1-9-11(18)16-13(5-2-3-6-13)12(19)17(9)7-4-10-14-8-15-20-10/h8-9H,2-7H2,1H3,(H,16,18). The molecule has 108 valence electrons. The topological polar surface area (TPSA) is 88.3 Å². The lowest BCUT2D eigenvalue weighted by molar-refractivity contribution is -0.154. The van der Waals surface area contributed by atoms with Crippen LogP contribution in [0.15, 0.2) is 10.9 Å². The molecule has 1 saturated heterocycles. The molecule has 1 atom stereocenters. The molecule has 1 spiro atoms. The Morgan fingerprint density at radius 1 is 1.45 bits per heavy atom. The molecule has 20 heavy (non-hydrogen) atoms. The van der Waals surface area contributed by atoms with Gasteiger partial charge in [-0.3, -0.25) is 9.59 Å². The van der Waals surface area contributed by atoms with E-state index in [1.54, 1.807) is 11.8 Å². The maximum Gasteiger partial charge on any atom is 0.249 e. The molecule has 1 saturated carbocycles. The summed E-state index contributed by atoms with van der Waals surface area (Å²) in [6.45, 7) is 2.18. The van der Waals surface area contributed by atoms with Crippen LogP contribution in [0, 0.1) is 0 Å². The van der Waals surface area contributed by atoms with Crippen LogP contribution in [-0.4, -0.2) is 45.0 Å². The summed E-state index contributed by atoms with van der Waals surface area (Å²) in [7, 11) is 0. The quantitative estimate of drug-likeness (QED) is 0.857. The van der Waals surface area contributed by atoms with Crippen LogP contribution in [0.4, 0.5) is 0 Å². The predicted molar refractivity (Wildman–Crippen MR) is 68.5 cm³/mol. The summed E-state index contributed by atoms with van der Waals surface area (Å²) < 4.78 is 4.94. The SMILES string of the molecule is CC1C(=O)NC2(CCCC2)C(=O)N1CCc1ncno1. The van der Waals surface area contributed by atoms with Crippen LogP contribution in [-0.2, 0) is 16.0 Å². The molecule has 2 fully saturated rings. The molecule has 0 bridgehead atoms. The average Bonchev–Trinajstić information content (AvgIpc) is 3.09. The van der Waals surface area contributed by atoms with E-state index in [0.29, 0.717) is 18.9 Å². The van der Waals surface area contributed by atoms with Crippen LogP contribution in [0.5, 0.6) is 0 Å². The lowest BCUT2D eigenvalue weighted by Crippen LogP contribution is -2.68. The van der Waals surface area contributed by atoms with Crippen LogP contribution < -0.4 is 5.32 Å². The van der Waals surface area contributed by atoms with Gasteiger partial charge in [-0.1, -0.05) is 18.0 Å². The van der Waals surface area contributed by atoms with E-state index in [9.17, 15) is 9.59 Å². The molecule has 7 nitrogen and oxygen atoms in total. The Morgan fingerprint density at radius 3 is 2.85 bits per heavy atom. The van der Waals surface area contributed by atoms with E-state index in [1.807, 2.05) is 0 Å². The molecule has 1 aromatic rings. The van der Waals surface area contributed by atoms with Gasteiger partial charge in [0, 0.05) is 13.0 Å². The summed E-state index contributed by atoms with van der Waals surface area (Å²) in [6.07, 6.45) is 5.25. The van der Waals surface area contributed by atoms with Gasteiger partial charge in [-0.2, -0.15) is 4.98 Å². The number of carbonyl (C=O) groups excluding carboxylic acids is 2. The molecule has 2 aliphatic rings. The molecule has 7 heteroatoms. The van der Waals surface area contributed by atoms with Gasteiger partial charge < -0.3 is 14.7 Å². The largest absolute Gasteiger partial charge is 0.340 e. The molecule has 1 unspecified atom stereocenters. The lowest BCUT2D eigenvalue weighted by Gasteiger charge is -2.43. The summed E-state index contributed by atoms with van der Waals surface area (Å²) in [6, 6.07) is -0.448. The number of hydrogen-bond donors (Lipinski definition) is 1. The third kappa shape index (κ3) is 2.07. The number of piperazine rings is 1. The first-order chi connectivity index (χ1) is 9.62. The van der Waals surface area contributed by atoms with Crippen molar-refractivity contribution in [2.24, 2.45) is 0 Å². The van der Waals surface area contributed by atoms with Gasteiger partial charge in [0.05, 0.1) is 0 Å². The van der Waals surface area contributed by atoms with Crippen LogP contribution in [0.3, 0.4) is 0 Å². The second-order valence-electron chi connectivity index (χ2n) is 5.54. The molecule has 3 rings (SSSR count). The molecule has 1 aliphatic heterocycles. The van der Waals surface area contributed by atoms with Crippen molar-refractivity contribution in [3.8, 4) is 0 Å². The fourth-order valence-electron chi connectivity index (χ4n) is 3.12. The summed E-state index contributed by atoms with van der Waals surface area (Å²) in [5.74, 6) is 0.440. The number of amides is 2. The molecular weight excluding hydrogens is 260 g/mol. The van der Waals surface area contributed by atoms with E-state index < -0.39 is 11.6 Å². The molecule has 2 heterocycles. The van der Waals surface area contributed by atoms with Gasteiger partial charge in [0.15, 0.2) is 6.33 Å². The number of carbonyl (C=O) groups is 2. The second kappa shape index (κ2) is 4.88. The lowest BCUT2D eigenvalue weighted by atomic mass is 9.91. The Kier molecular flexibility index (Phi) is 3.19. The van der Waals surface area contributed by atoms with Crippen molar-refractivity contribution < 1.29 is 14.1 Å². The van der Waals surface area contributed by atoms with Crippen molar-refractivity contribution in [3.05, 3.63) is 12.2 Å². The molecule has 1 aromatic heterocycles. The highest BCUT2D eigenvalue weighted by Crippen LogP contribution is 2.34. The van der Waals surface area contributed by atoms with Gasteiger partial charge in [-0.15, -0.1) is 0 Å². The Hall–Kier alpha value is -1.92. The highest BCUT2D eigenvalue weighted by molar-refractivity contribution is 5.99. The van der Waals surface area contributed by atoms with E-state index in [0.717, 1.165) is 25.7 Å². The molecule has 1 N–H and O–H groups in total. The zero-order chi connectivity index (χ0) is 14.2. The first-order valence-corrected chi connectivity index (χ1v) is 7.01. The number of rotatable bonds is 3. The van der Waals surface area contributed by atoms with Gasteiger partial charge in [-0.05, 0) is 19.8 Å². The van der Waals surface area contributed by atoms with E-state index in [-0.39, 0.29) is 11.8 Å². The maximum absolute atomic E-state index is 12.7. The third-order valence-electron chi connectivity index (χ3n) is 4.31. The van der Waals surface area contributed by atoms with Crippen LogP contribution in [0.1, 0.15) is 38.5 Å². The summed E-state index contributed by atoms with van der Waals surface area (Å²) >= 11 is 0. The van der Waals surface area contributed by atoms with Gasteiger partial charge in [0.2, 0.25) is 17.7 Å². The summed E-state index contributed by atoms with van der Waals surface area (Å²) in [4.78, 5) is 30.4. The molecule has 1 aliphatic carbocycles. The average molecular weight is 278 g/mol. The Balaban J connectivity index is 1.76. The monoisotopic (exact) mass is 278 g/mol. The minimum atomic E-state index is -0.668. The molecular formula is C13H18N4O3. The first kappa shape index (κ1) is 13.1. The van der Waals surface area contributed by atoms with Crippen LogP contribution >= 0.6 is 0 Å². The number of nitrogens with zero attached hydrogens (tertiary/aromatic N) is 3. The second-order valence-corrected chi connectivity index (χ2v) is 5.54. The van der Waals surface area contributed by atoms with Crippen molar-refractivity contribution in [1.82, 2.24) is 20.4 Å². The zero-order valence-corrected chi connectivity index (χ0v) is 11.5. The highest BCUT2D eigenvalue weighted by atomic mass is 16.5. The first-order valence-electron chi connectivity index (χ1n) is 7.01. The van der Waals surface area contributed by atoms with Gasteiger partial charge in [0.25, 0.3) is 0 Å². The fourth-order valence-corrected chi connectivity index (χ4v) is 3.12. The number of aromatic nitrogens is 2. The van der Waals surface area contributed by atoms with Crippen molar-refractivity contribution in [2.45, 2.75) is 50.6 Å². The van der Waals surface area contributed by atoms with Crippen molar-refractivity contribution >= 4 is 11.8 Å². The molecule has 0 radical (unpaired) electrons. The van der Waals surface area contributed by atoms with Gasteiger partial charge in [0.1, 0.15) is 11.6 Å². The Morgan fingerprint density at radius 2 is 2.20 bits per heavy atom. The fraction of sp³-hybridized carbons (Fsp3) is 0.692. The van der Waals surface area contributed by atoms with E-state index >= 15 is 0 Å². The maximum atomic E-state index is 12.7. The third-order valence-corrected chi connectivity index (χ3v) is 4.31. The smallest absolute Gasteiger partial charge is 0.249 e. The van der Waals surface area contributed by atoms with Crippen molar-refractivity contribution in [2.75, 3.05) is 6.54 Å². The van der Waals surface area contributed by atoms with Gasteiger partial charge in [-0.25, -0.2) is 0 Å².